The van der Waals surface area contributed by atoms with Gasteiger partial charge in [0, 0.05) is 12.0 Å². The van der Waals surface area contributed by atoms with E-state index in [1.807, 2.05) is 30.3 Å². The Kier molecular flexibility index (Phi) is 3.22. The second kappa shape index (κ2) is 5.39. The molecule has 1 fully saturated rings. The molecule has 0 bridgehead atoms. The van der Waals surface area contributed by atoms with Crippen LogP contribution in [0.2, 0.25) is 0 Å². The number of hydrogen-bond donors (Lipinski definition) is 2. The number of phenolic OH excluding ortho intramolecular Hbond substituents is 1. The average molecular weight is 308 g/mol. The minimum absolute atomic E-state index is 0.0328. The maximum absolute atomic E-state index is 11.9. The molecule has 0 unspecified atom stereocenters. The van der Waals surface area contributed by atoms with Gasteiger partial charge in [0.05, 0.1) is 5.69 Å². The number of fused-ring (bicyclic) bond motifs is 1. The molecule has 0 atom stereocenters. The summed E-state index contributed by atoms with van der Waals surface area (Å²) in [6, 6.07) is 12.5. The SMILES string of the molecule is O=C(CC1CC1)Nc1nc2cccc(-c3ccc(O)cc3)n2n1. The van der Waals surface area contributed by atoms with Crippen molar-refractivity contribution in [3.63, 3.8) is 0 Å². The number of anilines is 1. The van der Waals surface area contributed by atoms with E-state index in [-0.39, 0.29) is 11.7 Å². The van der Waals surface area contributed by atoms with E-state index in [2.05, 4.69) is 15.4 Å². The van der Waals surface area contributed by atoms with Gasteiger partial charge >= 0.3 is 0 Å². The molecular weight excluding hydrogens is 292 g/mol. The Balaban J connectivity index is 1.66. The van der Waals surface area contributed by atoms with Gasteiger partial charge < -0.3 is 5.11 Å². The highest BCUT2D eigenvalue weighted by molar-refractivity contribution is 5.89. The van der Waals surface area contributed by atoms with Crippen LogP contribution in [-0.2, 0) is 4.79 Å². The fourth-order valence-electron chi connectivity index (χ4n) is 2.57. The highest BCUT2D eigenvalue weighted by Gasteiger charge is 2.24. The zero-order valence-corrected chi connectivity index (χ0v) is 12.4. The molecule has 1 saturated carbocycles. The summed E-state index contributed by atoms with van der Waals surface area (Å²) in [6.07, 6.45) is 2.81. The van der Waals surface area contributed by atoms with E-state index in [0.29, 0.717) is 23.9 Å². The maximum atomic E-state index is 11.9. The van der Waals surface area contributed by atoms with E-state index < -0.39 is 0 Å². The Bertz CT molecular complexity index is 866. The molecule has 4 rings (SSSR count). The first-order chi connectivity index (χ1) is 11.2. The van der Waals surface area contributed by atoms with E-state index in [9.17, 15) is 9.90 Å². The second-order valence-corrected chi connectivity index (χ2v) is 5.86. The molecular formula is C17H16N4O2. The standard InChI is InChI=1S/C17H16N4O2/c22-13-8-6-12(7-9-13)14-2-1-3-15-18-17(20-21(14)15)19-16(23)10-11-4-5-11/h1-3,6-9,11,22H,4-5,10H2,(H,19,20,23). The van der Waals surface area contributed by atoms with Gasteiger partial charge in [-0.3, -0.25) is 10.1 Å². The van der Waals surface area contributed by atoms with Crippen LogP contribution in [-0.4, -0.2) is 25.6 Å². The number of aromatic nitrogens is 3. The monoisotopic (exact) mass is 308 g/mol. The first kappa shape index (κ1) is 13.8. The molecule has 6 nitrogen and oxygen atoms in total. The van der Waals surface area contributed by atoms with E-state index in [1.54, 1.807) is 16.6 Å². The number of carbonyl (C=O) groups excluding carboxylic acids is 1. The van der Waals surface area contributed by atoms with Crippen molar-refractivity contribution in [2.24, 2.45) is 5.92 Å². The smallest absolute Gasteiger partial charge is 0.249 e. The van der Waals surface area contributed by atoms with Gasteiger partial charge in [0.2, 0.25) is 11.9 Å². The summed E-state index contributed by atoms with van der Waals surface area (Å²) >= 11 is 0. The van der Waals surface area contributed by atoms with Crippen molar-refractivity contribution in [1.82, 2.24) is 14.6 Å². The normalized spacial score (nSPS) is 14.1. The molecule has 116 valence electrons. The van der Waals surface area contributed by atoms with E-state index in [1.165, 1.54) is 0 Å². The second-order valence-electron chi connectivity index (χ2n) is 5.86. The first-order valence-electron chi connectivity index (χ1n) is 7.64. The summed E-state index contributed by atoms with van der Waals surface area (Å²) in [5.74, 6) is 1.03. The minimum Gasteiger partial charge on any atom is -0.508 e. The zero-order valence-electron chi connectivity index (χ0n) is 12.4. The molecule has 2 aromatic heterocycles. The fourth-order valence-corrected chi connectivity index (χ4v) is 2.57. The molecule has 0 spiro atoms. The van der Waals surface area contributed by atoms with Crippen LogP contribution < -0.4 is 5.32 Å². The summed E-state index contributed by atoms with van der Waals surface area (Å²) in [6.45, 7) is 0. The van der Waals surface area contributed by atoms with Gasteiger partial charge in [-0.2, -0.15) is 4.98 Å². The summed E-state index contributed by atoms with van der Waals surface area (Å²) in [5, 5.41) is 16.6. The van der Waals surface area contributed by atoms with Crippen LogP contribution >= 0.6 is 0 Å². The van der Waals surface area contributed by atoms with Crippen LogP contribution in [0.15, 0.2) is 42.5 Å². The summed E-state index contributed by atoms with van der Waals surface area (Å²) in [7, 11) is 0. The van der Waals surface area contributed by atoms with Crippen molar-refractivity contribution >= 4 is 17.5 Å². The first-order valence-corrected chi connectivity index (χ1v) is 7.64. The Morgan fingerprint density at radius 1 is 1.22 bits per heavy atom. The van der Waals surface area contributed by atoms with E-state index in [0.717, 1.165) is 24.1 Å². The van der Waals surface area contributed by atoms with Crippen molar-refractivity contribution in [1.29, 1.82) is 0 Å². The highest BCUT2D eigenvalue weighted by Crippen LogP contribution is 2.32. The molecule has 0 saturated heterocycles. The van der Waals surface area contributed by atoms with Crippen LogP contribution in [0.5, 0.6) is 5.75 Å². The molecule has 0 radical (unpaired) electrons. The summed E-state index contributed by atoms with van der Waals surface area (Å²) < 4.78 is 1.69. The predicted octanol–water partition coefficient (Wildman–Crippen LogP) is 2.84. The largest absolute Gasteiger partial charge is 0.508 e. The van der Waals surface area contributed by atoms with Crippen LogP contribution in [0.4, 0.5) is 5.95 Å². The number of hydrogen-bond acceptors (Lipinski definition) is 4. The Labute approximate surface area is 132 Å². The molecule has 1 aromatic carbocycles. The van der Waals surface area contributed by atoms with Crippen LogP contribution in [0.3, 0.4) is 0 Å². The van der Waals surface area contributed by atoms with Crippen molar-refractivity contribution in [3.05, 3.63) is 42.5 Å². The Morgan fingerprint density at radius 2 is 2.00 bits per heavy atom. The zero-order chi connectivity index (χ0) is 15.8. The van der Waals surface area contributed by atoms with Gasteiger partial charge in [0.25, 0.3) is 0 Å². The van der Waals surface area contributed by atoms with Crippen LogP contribution in [0, 0.1) is 5.92 Å². The van der Waals surface area contributed by atoms with Gasteiger partial charge in [0.15, 0.2) is 5.65 Å². The molecule has 3 aromatic rings. The number of phenols is 1. The third kappa shape index (κ3) is 2.88. The molecule has 6 heteroatoms. The number of carbonyl (C=O) groups is 1. The minimum atomic E-state index is -0.0328. The lowest BCUT2D eigenvalue weighted by Gasteiger charge is -2.04. The lowest BCUT2D eigenvalue weighted by Crippen LogP contribution is -2.13. The molecule has 0 aliphatic heterocycles. The van der Waals surface area contributed by atoms with Gasteiger partial charge in [-0.05, 0) is 55.2 Å². The van der Waals surface area contributed by atoms with Crippen molar-refractivity contribution in [2.45, 2.75) is 19.3 Å². The van der Waals surface area contributed by atoms with Crippen LogP contribution in [0.25, 0.3) is 16.9 Å². The van der Waals surface area contributed by atoms with Gasteiger partial charge in [-0.15, -0.1) is 5.10 Å². The number of nitrogens with one attached hydrogen (secondary N) is 1. The molecule has 2 N–H and O–H groups in total. The topological polar surface area (TPSA) is 79.5 Å². The van der Waals surface area contributed by atoms with Crippen molar-refractivity contribution in [3.8, 4) is 17.0 Å². The predicted molar refractivity (Wildman–Crippen MR) is 86.1 cm³/mol. The number of pyridine rings is 1. The Morgan fingerprint density at radius 3 is 2.74 bits per heavy atom. The third-order valence-corrected chi connectivity index (χ3v) is 3.95. The molecule has 23 heavy (non-hydrogen) atoms. The molecule has 1 aliphatic rings. The number of aromatic hydroxyl groups is 1. The number of rotatable bonds is 4. The van der Waals surface area contributed by atoms with Crippen molar-refractivity contribution in [2.75, 3.05) is 5.32 Å². The van der Waals surface area contributed by atoms with Gasteiger partial charge in [-0.25, -0.2) is 4.52 Å². The highest BCUT2D eigenvalue weighted by atomic mass is 16.3. The summed E-state index contributed by atoms with van der Waals surface area (Å²) in [4.78, 5) is 16.3. The van der Waals surface area contributed by atoms with E-state index >= 15 is 0 Å². The molecule has 1 amide bonds. The van der Waals surface area contributed by atoms with Crippen LogP contribution in [0.1, 0.15) is 19.3 Å². The van der Waals surface area contributed by atoms with Gasteiger partial charge in [-0.1, -0.05) is 6.07 Å². The number of amides is 1. The molecule has 2 heterocycles. The average Bonchev–Trinajstić information content (AvgIpc) is 3.24. The Hall–Kier alpha value is -2.89. The number of nitrogens with zero attached hydrogens (tertiary/aromatic N) is 3. The van der Waals surface area contributed by atoms with Gasteiger partial charge in [0.1, 0.15) is 5.75 Å². The lowest BCUT2D eigenvalue weighted by atomic mass is 10.1. The van der Waals surface area contributed by atoms with Crippen molar-refractivity contribution < 1.29 is 9.90 Å². The van der Waals surface area contributed by atoms with E-state index in [4.69, 9.17) is 0 Å². The molecule has 1 aliphatic carbocycles. The maximum Gasteiger partial charge on any atom is 0.249 e. The summed E-state index contributed by atoms with van der Waals surface area (Å²) in [5.41, 5.74) is 2.42. The number of benzene rings is 1. The third-order valence-electron chi connectivity index (χ3n) is 3.95. The lowest BCUT2D eigenvalue weighted by molar-refractivity contribution is -0.116. The fraction of sp³-hybridized carbons (Fsp3) is 0.235. The quantitative estimate of drug-likeness (QED) is 0.776.